The third-order valence-corrected chi connectivity index (χ3v) is 6.87. The smallest absolute Gasteiger partial charge is 0.259 e. The molecule has 0 fully saturated rings. The minimum atomic E-state index is -0.0336. The summed E-state index contributed by atoms with van der Waals surface area (Å²) in [5, 5.41) is 3.73. The van der Waals surface area contributed by atoms with Crippen LogP contribution < -0.4 is 10.9 Å². The molecular weight excluding hydrogens is 368 g/mol. The maximum Gasteiger partial charge on any atom is 0.259 e. The molecule has 1 amide bonds. The highest BCUT2D eigenvalue weighted by atomic mass is 32.2. The Kier molecular flexibility index (Phi) is 6.72. The molecule has 1 aliphatic carbocycles. The van der Waals surface area contributed by atoms with E-state index in [0.29, 0.717) is 23.9 Å². The molecule has 6 nitrogen and oxygen atoms in total. The molecule has 26 heavy (non-hydrogen) atoms. The lowest BCUT2D eigenvalue weighted by Crippen LogP contribution is -2.35. The van der Waals surface area contributed by atoms with Gasteiger partial charge in [-0.05, 0) is 37.9 Å². The molecule has 0 saturated heterocycles. The number of H-pyrrole nitrogens is 1. The SMILES string of the molecule is CCN(CC)CCNC(=O)CSCc1nc2sc3c(c2c(=O)[nH]1)CCC3. The van der Waals surface area contributed by atoms with Crippen molar-refractivity contribution in [2.75, 3.05) is 31.9 Å². The number of nitrogens with one attached hydrogen (secondary N) is 2. The Morgan fingerprint density at radius 3 is 2.92 bits per heavy atom. The van der Waals surface area contributed by atoms with Crippen molar-refractivity contribution in [2.24, 2.45) is 0 Å². The zero-order chi connectivity index (χ0) is 18.5. The fourth-order valence-corrected chi connectivity index (χ4v) is 5.30. The third kappa shape index (κ3) is 4.47. The number of thioether (sulfide) groups is 1. The number of carbonyl (C=O) groups excluding carboxylic acids is 1. The highest BCUT2D eigenvalue weighted by Gasteiger charge is 2.21. The van der Waals surface area contributed by atoms with Crippen LogP contribution in [0.4, 0.5) is 0 Å². The third-order valence-electron chi connectivity index (χ3n) is 4.74. The highest BCUT2D eigenvalue weighted by Crippen LogP contribution is 2.34. The van der Waals surface area contributed by atoms with E-state index in [1.54, 1.807) is 11.3 Å². The van der Waals surface area contributed by atoms with Crippen LogP contribution in [0.5, 0.6) is 0 Å². The van der Waals surface area contributed by atoms with Gasteiger partial charge in [0.15, 0.2) is 0 Å². The first-order chi connectivity index (χ1) is 12.6. The zero-order valence-electron chi connectivity index (χ0n) is 15.4. The second-order valence-electron chi connectivity index (χ2n) is 6.42. The van der Waals surface area contributed by atoms with Crippen molar-refractivity contribution in [3.05, 3.63) is 26.6 Å². The van der Waals surface area contributed by atoms with Crippen molar-refractivity contribution in [1.29, 1.82) is 0 Å². The van der Waals surface area contributed by atoms with Crippen molar-refractivity contribution in [3.8, 4) is 0 Å². The van der Waals surface area contributed by atoms with Gasteiger partial charge in [-0.25, -0.2) is 4.98 Å². The van der Waals surface area contributed by atoms with Crippen molar-refractivity contribution >= 4 is 39.2 Å². The molecule has 0 saturated carbocycles. The topological polar surface area (TPSA) is 78.1 Å². The number of carbonyl (C=O) groups is 1. The number of nitrogens with zero attached hydrogens (tertiary/aromatic N) is 2. The molecule has 0 atom stereocenters. The number of amides is 1. The van der Waals surface area contributed by atoms with Crippen LogP contribution in [0.2, 0.25) is 0 Å². The van der Waals surface area contributed by atoms with Gasteiger partial charge in [0.05, 0.1) is 16.9 Å². The fourth-order valence-electron chi connectivity index (χ4n) is 3.30. The first-order valence-corrected chi connectivity index (χ1v) is 11.2. The van der Waals surface area contributed by atoms with Crippen LogP contribution in [0, 0.1) is 0 Å². The van der Waals surface area contributed by atoms with E-state index in [4.69, 9.17) is 0 Å². The Morgan fingerprint density at radius 1 is 1.35 bits per heavy atom. The van der Waals surface area contributed by atoms with Gasteiger partial charge < -0.3 is 15.2 Å². The average Bonchev–Trinajstić information content (AvgIpc) is 3.19. The lowest BCUT2D eigenvalue weighted by atomic mass is 10.2. The molecule has 0 spiro atoms. The number of aryl methyl sites for hydroxylation is 2. The van der Waals surface area contributed by atoms with E-state index in [1.165, 1.54) is 22.2 Å². The molecule has 1 aliphatic rings. The lowest BCUT2D eigenvalue weighted by molar-refractivity contribution is -0.118. The molecule has 0 bridgehead atoms. The summed E-state index contributed by atoms with van der Waals surface area (Å²) < 4.78 is 0. The van der Waals surface area contributed by atoms with E-state index in [1.807, 2.05) is 0 Å². The predicted molar refractivity (Wildman–Crippen MR) is 109 cm³/mol. The first-order valence-electron chi connectivity index (χ1n) is 9.22. The van der Waals surface area contributed by atoms with E-state index < -0.39 is 0 Å². The Balaban J connectivity index is 1.49. The molecule has 2 N–H and O–H groups in total. The summed E-state index contributed by atoms with van der Waals surface area (Å²) in [6.07, 6.45) is 3.19. The summed E-state index contributed by atoms with van der Waals surface area (Å²) in [7, 11) is 0. The Morgan fingerprint density at radius 2 is 2.15 bits per heavy atom. The number of hydrogen-bond acceptors (Lipinski definition) is 6. The van der Waals surface area contributed by atoms with Crippen molar-refractivity contribution in [3.63, 3.8) is 0 Å². The van der Waals surface area contributed by atoms with Gasteiger partial charge in [-0.2, -0.15) is 0 Å². The number of likely N-dealkylation sites (N-methyl/N-ethyl adjacent to an activating group) is 1. The molecule has 2 aromatic heterocycles. The van der Waals surface area contributed by atoms with E-state index >= 15 is 0 Å². The van der Waals surface area contributed by atoms with E-state index in [9.17, 15) is 9.59 Å². The monoisotopic (exact) mass is 394 g/mol. The van der Waals surface area contributed by atoms with Crippen LogP contribution in [0.25, 0.3) is 10.2 Å². The molecule has 3 rings (SSSR count). The van der Waals surface area contributed by atoms with Gasteiger partial charge in [-0.3, -0.25) is 9.59 Å². The molecule has 0 aliphatic heterocycles. The standard InChI is InChI=1S/C18H26N4O2S2/c1-3-22(4-2)9-8-19-15(23)11-25-10-14-20-17(24)16-12-6-5-7-13(12)26-18(16)21-14/h3-11H2,1-2H3,(H,19,23)(H,20,21,24). The largest absolute Gasteiger partial charge is 0.354 e. The quantitative estimate of drug-likeness (QED) is 0.681. The van der Waals surface area contributed by atoms with Crippen LogP contribution in [0.1, 0.15) is 36.5 Å². The van der Waals surface area contributed by atoms with Crippen molar-refractivity contribution < 1.29 is 4.79 Å². The molecule has 0 unspecified atom stereocenters. The van der Waals surface area contributed by atoms with Crippen LogP contribution in [-0.2, 0) is 23.4 Å². The molecule has 8 heteroatoms. The van der Waals surface area contributed by atoms with Gasteiger partial charge in [0, 0.05) is 18.0 Å². The van der Waals surface area contributed by atoms with Gasteiger partial charge in [-0.1, -0.05) is 13.8 Å². The lowest BCUT2D eigenvalue weighted by Gasteiger charge is -2.17. The summed E-state index contributed by atoms with van der Waals surface area (Å²) in [6, 6.07) is 0. The van der Waals surface area contributed by atoms with Gasteiger partial charge in [0.2, 0.25) is 5.91 Å². The molecule has 2 heterocycles. The number of thiophene rings is 1. The summed E-state index contributed by atoms with van der Waals surface area (Å²) in [4.78, 5) is 36.3. The highest BCUT2D eigenvalue weighted by molar-refractivity contribution is 7.99. The first kappa shape index (κ1) is 19.4. The molecular formula is C18H26N4O2S2. The van der Waals surface area contributed by atoms with Gasteiger partial charge in [0.1, 0.15) is 10.7 Å². The van der Waals surface area contributed by atoms with Crippen LogP contribution in [0.3, 0.4) is 0 Å². The second kappa shape index (κ2) is 9.01. The average molecular weight is 395 g/mol. The van der Waals surface area contributed by atoms with Gasteiger partial charge in [-0.15, -0.1) is 23.1 Å². The summed E-state index contributed by atoms with van der Waals surface area (Å²) in [5.74, 6) is 1.60. The van der Waals surface area contributed by atoms with Crippen LogP contribution >= 0.6 is 23.1 Å². The Hall–Kier alpha value is -1.38. The number of rotatable bonds is 9. The molecule has 142 valence electrons. The summed E-state index contributed by atoms with van der Waals surface area (Å²) >= 11 is 3.13. The van der Waals surface area contributed by atoms with E-state index in [-0.39, 0.29) is 11.5 Å². The number of hydrogen-bond donors (Lipinski definition) is 2. The predicted octanol–water partition coefficient (Wildman–Crippen LogP) is 2.16. The minimum Gasteiger partial charge on any atom is -0.354 e. The fraction of sp³-hybridized carbons (Fsp3) is 0.611. The van der Waals surface area contributed by atoms with Gasteiger partial charge in [0.25, 0.3) is 5.56 Å². The number of aromatic amines is 1. The Bertz CT molecular complexity index is 826. The second-order valence-corrected chi connectivity index (χ2v) is 8.49. The normalized spacial score (nSPS) is 13.5. The molecule has 2 aromatic rings. The minimum absolute atomic E-state index is 0.0284. The van der Waals surface area contributed by atoms with E-state index in [0.717, 1.165) is 49.1 Å². The molecule has 0 radical (unpaired) electrons. The van der Waals surface area contributed by atoms with Crippen LogP contribution in [-0.4, -0.2) is 52.7 Å². The van der Waals surface area contributed by atoms with E-state index in [2.05, 4.69) is 34.0 Å². The molecule has 0 aromatic carbocycles. The number of fused-ring (bicyclic) bond motifs is 3. The van der Waals surface area contributed by atoms with Crippen molar-refractivity contribution in [1.82, 2.24) is 20.2 Å². The maximum absolute atomic E-state index is 12.4. The number of aromatic nitrogens is 2. The summed E-state index contributed by atoms with van der Waals surface area (Å²) in [6.45, 7) is 7.77. The van der Waals surface area contributed by atoms with Crippen LogP contribution in [0.15, 0.2) is 4.79 Å². The van der Waals surface area contributed by atoms with Crippen molar-refractivity contribution in [2.45, 2.75) is 38.9 Å². The zero-order valence-corrected chi connectivity index (χ0v) is 17.0. The Labute approximate surface area is 161 Å². The maximum atomic E-state index is 12.4. The van der Waals surface area contributed by atoms with Gasteiger partial charge >= 0.3 is 0 Å². The summed E-state index contributed by atoms with van der Waals surface area (Å²) in [5.41, 5.74) is 1.17.